The minimum absolute atomic E-state index is 0.0941. The van der Waals surface area contributed by atoms with E-state index in [1.807, 2.05) is 0 Å². The van der Waals surface area contributed by atoms with E-state index >= 15 is 0 Å². The molecule has 0 aliphatic carbocycles. The van der Waals surface area contributed by atoms with Gasteiger partial charge in [-0.2, -0.15) is 0 Å². The molecule has 5 rings (SSSR count). The van der Waals surface area contributed by atoms with E-state index in [1.165, 1.54) is 31.2 Å². The van der Waals surface area contributed by atoms with Crippen LogP contribution in [0.1, 0.15) is 35.4 Å². The molecule has 0 bridgehead atoms. The Bertz CT molecular complexity index is 1300. The first-order valence-electron chi connectivity index (χ1n) is 13.1. The fraction of sp³-hybridized carbons (Fsp3) is 0.519. The van der Waals surface area contributed by atoms with E-state index in [1.54, 1.807) is 0 Å². The summed E-state index contributed by atoms with van der Waals surface area (Å²) in [5, 5.41) is 91.6. The normalized spacial score (nSPS) is 36.6. The number of ketones is 1. The van der Waals surface area contributed by atoms with E-state index in [0.717, 1.165) is 6.07 Å². The Morgan fingerprint density at radius 1 is 0.833 bits per heavy atom. The number of phenols is 3. The Morgan fingerprint density at radius 2 is 1.57 bits per heavy atom. The fourth-order valence-corrected chi connectivity index (χ4v) is 5.12. The molecule has 230 valence electrons. The lowest BCUT2D eigenvalue weighted by Gasteiger charge is -2.45. The molecule has 3 aliphatic rings. The average Bonchev–Trinajstić information content (AvgIpc) is 2.95. The van der Waals surface area contributed by atoms with Crippen LogP contribution in [0.25, 0.3) is 0 Å². The quantitative estimate of drug-likeness (QED) is 0.173. The molecule has 0 unspecified atom stereocenters. The standard InChI is InChI=1S/C27H32O15/c1-9-20(33)22(35)24(37)26(38-9)42-25-23(36)21(34)18(8-28)41-27(25)39-11-5-14(31)19-15(32)7-16(40-17(19)6-11)10-2-3-12(29)13(30)4-10/h2-6,9,16,18,20-31,33-37H,7-8H2,1H3/t9-,16+,18+,20+,21-,22+,23+,24-,25-,26+,27-/m1/s1. The summed E-state index contributed by atoms with van der Waals surface area (Å²) in [6.07, 6.45) is -16.5. The minimum Gasteiger partial charge on any atom is -0.507 e. The van der Waals surface area contributed by atoms with Crippen LogP contribution in [-0.4, -0.2) is 120 Å². The SMILES string of the molecule is C[C@H]1O[C@@H](O[C@H]2[C@H](Oc3cc(O)c4c(c3)O[C@H](c3ccc(O)c(O)c3)CC4=O)O[C@@H](CO)[C@@H](O)[C@@H]2O)[C@H](O)[C@@H](O)[C@H]1O. The molecule has 2 aromatic carbocycles. The average molecular weight is 597 g/mol. The molecule has 0 saturated carbocycles. The van der Waals surface area contributed by atoms with Gasteiger partial charge in [-0.05, 0) is 24.6 Å². The lowest BCUT2D eigenvalue weighted by Crippen LogP contribution is -2.64. The topological polar surface area (TPSA) is 245 Å². The molecule has 0 amide bonds. The Kier molecular flexibility index (Phi) is 8.48. The molecule has 2 saturated heterocycles. The van der Waals surface area contributed by atoms with Crippen LogP contribution in [0.2, 0.25) is 0 Å². The Balaban J connectivity index is 1.42. The molecular formula is C27H32O15. The monoisotopic (exact) mass is 596 g/mol. The molecule has 15 nitrogen and oxygen atoms in total. The first kappa shape index (κ1) is 30.2. The number of aliphatic hydroxyl groups is 6. The lowest BCUT2D eigenvalue weighted by atomic mass is 9.95. The van der Waals surface area contributed by atoms with E-state index in [2.05, 4.69) is 0 Å². The summed E-state index contributed by atoms with van der Waals surface area (Å²) in [6.45, 7) is 0.683. The van der Waals surface area contributed by atoms with Crippen molar-refractivity contribution in [2.75, 3.05) is 6.61 Å². The molecule has 0 spiro atoms. The third-order valence-electron chi connectivity index (χ3n) is 7.52. The van der Waals surface area contributed by atoms with Gasteiger partial charge in [0.25, 0.3) is 0 Å². The molecule has 15 heteroatoms. The number of phenolic OH excluding ortho intramolecular Hbond substituents is 3. The molecule has 0 radical (unpaired) electrons. The van der Waals surface area contributed by atoms with Gasteiger partial charge >= 0.3 is 0 Å². The van der Waals surface area contributed by atoms with E-state index in [0.29, 0.717) is 5.56 Å². The third-order valence-corrected chi connectivity index (χ3v) is 7.52. The molecule has 3 aliphatic heterocycles. The predicted octanol–water partition coefficient (Wildman–Crippen LogP) is -1.46. The Hall–Kier alpha value is -3.25. The van der Waals surface area contributed by atoms with Gasteiger partial charge in [-0.15, -0.1) is 0 Å². The van der Waals surface area contributed by atoms with E-state index < -0.39 is 91.4 Å². The summed E-state index contributed by atoms with van der Waals surface area (Å²) in [5.41, 5.74) is 0.234. The molecule has 3 heterocycles. The molecule has 2 fully saturated rings. The number of Topliss-reactive ketones (excluding diaryl/α,β-unsaturated/α-hetero) is 1. The first-order chi connectivity index (χ1) is 19.9. The second-order valence-corrected chi connectivity index (χ2v) is 10.4. The number of hydrogen-bond acceptors (Lipinski definition) is 15. The van der Waals surface area contributed by atoms with Gasteiger partial charge in [0.05, 0.1) is 19.1 Å². The van der Waals surface area contributed by atoms with Crippen LogP contribution in [0, 0.1) is 0 Å². The summed E-state index contributed by atoms with van der Waals surface area (Å²) in [7, 11) is 0. The number of benzene rings is 2. The van der Waals surface area contributed by atoms with Crippen molar-refractivity contribution in [2.24, 2.45) is 0 Å². The number of carbonyl (C=O) groups excluding carboxylic acids is 1. The zero-order valence-electron chi connectivity index (χ0n) is 22.1. The van der Waals surface area contributed by atoms with E-state index in [4.69, 9.17) is 23.7 Å². The van der Waals surface area contributed by atoms with Gasteiger partial charge in [0.1, 0.15) is 65.5 Å². The number of fused-ring (bicyclic) bond motifs is 1. The maximum Gasteiger partial charge on any atom is 0.229 e. The van der Waals surface area contributed by atoms with Crippen molar-refractivity contribution in [1.29, 1.82) is 0 Å². The van der Waals surface area contributed by atoms with Gasteiger partial charge in [0.15, 0.2) is 29.7 Å². The van der Waals surface area contributed by atoms with Crippen molar-refractivity contribution in [2.45, 2.75) is 80.9 Å². The van der Waals surface area contributed by atoms with Crippen molar-refractivity contribution >= 4 is 5.78 Å². The van der Waals surface area contributed by atoms with Crippen molar-refractivity contribution in [1.82, 2.24) is 0 Å². The number of carbonyl (C=O) groups is 1. The summed E-state index contributed by atoms with van der Waals surface area (Å²) in [4.78, 5) is 12.9. The lowest BCUT2D eigenvalue weighted by molar-refractivity contribution is -0.354. The van der Waals surface area contributed by atoms with Crippen LogP contribution in [0.5, 0.6) is 28.7 Å². The molecular weight excluding hydrogens is 564 g/mol. The number of aliphatic hydroxyl groups excluding tert-OH is 6. The van der Waals surface area contributed by atoms with Crippen LogP contribution in [0.3, 0.4) is 0 Å². The van der Waals surface area contributed by atoms with Crippen LogP contribution >= 0.6 is 0 Å². The highest BCUT2D eigenvalue weighted by atomic mass is 16.8. The van der Waals surface area contributed by atoms with Gasteiger partial charge in [-0.3, -0.25) is 4.79 Å². The predicted molar refractivity (Wildman–Crippen MR) is 136 cm³/mol. The number of ether oxygens (including phenoxy) is 5. The van der Waals surface area contributed by atoms with Gasteiger partial charge in [-0.1, -0.05) is 6.07 Å². The highest BCUT2D eigenvalue weighted by Gasteiger charge is 2.51. The summed E-state index contributed by atoms with van der Waals surface area (Å²) >= 11 is 0. The van der Waals surface area contributed by atoms with Gasteiger partial charge in [0.2, 0.25) is 6.29 Å². The molecule has 11 atom stereocenters. The van der Waals surface area contributed by atoms with E-state index in [9.17, 15) is 50.8 Å². The third kappa shape index (κ3) is 5.58. The van der Waals surface area contributed by atoms with Crippen molar-refractivity contribution in [3.8, 4) is 28.7 Å². The summed E-state index contributed by atoms with van der Waals surface area (Å²) in [6, 6.07) is 6.25. The number of rotatable bonds is 6. The van der Waals surface area contributed by atoms with Crippen molar-refractivity contribution < 1.29 is 74.4 Å². The van der Waals surface area contributed by atoms with Crippen molar-refractivity contribution in [3.05, 3.63) is 41.5 Å². The molecule has 42 heavy (non-hydrogen) atoms. The Labute approximate surface area is 238 Å². The molecule has 2 aromatic rings. The van der Waals surface area contributed by atoms with Gasteiger partial charge < -0.3 is 69.6 Å². The molecule has 0 aromatic heterocycles. The second kappa shape index (κ2) is 11.8. The number of hydrogen-bond donors (Lipinski definition) is 9. The summed E-state index contributed by atoms with van der Waals surface area (Å²) in [5.74, 6) is -2.02. The van der Waals surface area contributed by atoms with Crippen LogP contribution < -0.4 is 9.47 Å². The van der Waals surface area contributed by atoms with Crippen LogP contribution in [0.4, 0.5) is 0 Å². The smallest absolute Gasteiger partial charge is 0.229 e. The van der Waals surface area contributed by atoms with E-state index in [-0.39, 0.29) is 29.2 Å². The number of aromatic hydroxyl groups is 3. The highest BCUT2D eigenvalue weighted by Crippen LogP contribution is 2.43. The fourth-order valence-electron chi connectivity index (χ4n) is 5.12. The zero-order chi connectivity index (χ0) is 30.5. The highest BCUT2D eigenvalue weighted by molar-refractivity contribution is 6.02. The zero-order valence-corrected chi connectivity index (χ0v) is 22.1. The first-order valence-corrected chi connectivity index (χ1v) is 13.1. The maximum absolute atomic E-state index is 12.9. The summed E-state index contributed by atoms with van der Waals surface area (Å²) < 4.78 is 28.4. The second-order valence-electron chi connectivity index (χ2n) is 10.4. The largest absolute Gasteiger partial charge is 0.507 e. The van der Waals surface area contributed by atoms with Crippen LogP contribution in [-0.2, 0) is 14.2 Å². The Morgan fingerprint density at radius 3 is 2.26 bits per heavy atom. The van der Waals surface area contributed by atoms with Gasteiger partial charge in [-0.25, -0.2) is 0 Å². The van der Waals surface area contributed by atoms with Crippen molar-refractivity contribution in [3.63, 3.8) is 0 Å². The van der Waals surface area contributed by atoms with Crippen LogP contribution in [0.15, 0.2) is 30.3 Å². The maximum atomic E-state index is 12.9. The molecule has 9 N–H and O–H groups in total. The van der Waals surface area contributed by atoms with Gasteiger partial charge in [0, 0.05) is 12.1 Å². The minimum atomic E-state index is -1.77.